The van der Waals surface area contributed by atoms with Crippen molar-refractivity contribution in [3.63, 3.8) is 0 Å². The van der Waals surface area contributed by atoms with E-state index in [4.69, 9.17) is 5.26 Å². The molecule has 24 heavy (non-hydrogen) atoms. The van der Waals surface area contributed by atoms with E-state index in [0.29, 0.717) is 48.7 Å². The number of piperazine rings is 1. The van der Waals surface area contributed by atoms with Crippen LogP contribution in [0.4, 0.5) is 5.82 Å². The normalized spacial score (nSPS) is 13.9. The highest BCUT2D eigenvalue weighted by Gasteiger charge is 2.24. The first-order chi connectivity index (χ1) is 11.7. The van der Waals surface area contributed by atoms with Crippen LogP contribution in [0.1, 0.15) is 21.5 Å². The van der Waals surface area contributed by atoms with Crippen LogP contribution >= 0.6 is 0 Å². The molecule has 1 aromatic carbocycles. The van der Waals surface area contributed by atoms with Crippen LogP contribution in [0, 0.1) is 22.7 Å². The number of pyridine rings is 1. The van der Waals surface area contributed by atoms with Gasteiger partial charge in [-0.05, 0) is 36.4 Å². The van der Waals surface area contributed by atoms with Crippen molar-refractivity contribution in [2.45, 2.75) is 0 Å². The van der Waals surface area contributed by atoms with Gasteiger partial charge in [0, 0.05) is 37.9 Å². The molecule has 6 heteroatoms. The fraction of sp³-hybridized carbons (Fsp3) is 0.222. The number of benzene rings is 1. The largest absolute Gasteiger partial charge is 0.352 e. The molecule has 2 aromatic rings. The number of aromatic nitrogens is 1. The van der Waals surface area contributed by atoms with Crippen LogP contribution in [-0.4, -0.2) is 42.0 Å². The Hall–Kier alpha value is -3.38. The molecule has 0 spiro atoms. The second-order valence-corrected chi connectivity index (χ2v) is 5.45. The Morgan fingerprint density at radius 2 is 1.71 bits per heavy atom. The number of nitriles is 2. The number of carbonyl (C=O) groups is 1. The molecule has 0 aliphatic carbocycles. The summed E-state index contributed by atoms with van der Waals surface area (Å²) in [6, 6.07) is 14.3. The van der Waals surface area contributed by atoms with Gasteiger partial charge in [0.2, 0.25) is 0 Å². The first-order valence-corrected chi connectivity index (χ1v) is 7.62. The molecule has 2 heterocycles. The molecule has 118 valence electrons. The molecule has 3 rings (SSSR count). The Balaban J connectivity index is 1.67. The molecule has 0 saturated carbocycles. The lowest BCUT2D eigenvalue weighted by Crippen LogP contribution is -2.49. The molecule has 0 bridgehead atoms. The maximum atomic E-state index is 12.5. The Bertz CT molecular complexity index is 824. The maximum Gasteiger partial charge on any atom is 0.253 e. The number of hydrogen-bond donors (Lipinski definition) is 0. The molecule has 6 nitrogen and oxygen atoms in total. The van der Waals surface area contributed by atoms with Crippen molar-refractivity contribution in [2.24, 2.45) is 0 Å². The number of hydrogen-bond acceptors (Lipinski definition) is 5. The molecule has 0 radical (unpaired) electrons. The van der Waals surface area contributed by atoms with Crippen molar-refractivity contribution in [1.82, 2.24) is 9.88 Å². The second kappa shape index (κ2) is 6.80. The highest BCUT2D eigenvalue weighted by atomic mass is 16.2. The molecule has 0 N–H and O–H groups in total. The van der Waals surface area contributed by atoms with Gasteiger partial charge in [-0.25, -0.2) is 4.98 Å². The van der Waals surface area contributed by atoms with Gasteiger partial charge >= 0.3 is 0 Å². The van der Waals surface area contributed by atoms with Gasteiger partial charge in [0.15, 0.2) is 0 Å². The smallest absolute Gasteiger partial charge is 0.253 e. The lowest BCUT2D eigenvalue weighted by molar-refractivity contribution is 0.0746. The summed E-state index contributed by atoms with van der Waals surface area (Å²) in [5.74, 6) is 0.631. The van der Waals surface area contributed by atoms with Gasteiger partial charge in [-0.15, -0.1) is 0 Å². The second-order valence-electron chi connectivity index (χ2n) is 5.45. The van der Waals surface area contributed by atoms with Gasteiger partial charge in [-0.2, -0.15) is 10.5 Å². The standard InChI is InChI=1S/C18H15N5O/c19-12-14-3-5-15(6-4-14)18(24)23-10-8-22(9-11-23)17-16(13-20)2-1-7-21-17/h1-7H,8-11H2. The highest BCUT2D eigenvalue weighted by Crippen LogP contribution is 2.19. The van der Waals surface area contributed by atoms with Crippen LogP contribution in [-0.2, 0) is 0 Å². The molecule has 0 atom stereocenters. The van der Waals surface area contributed by atoms with Crippen LogP contribution in [0.15, 0.2) is 42.6 Å². The fourth-order valence-corrected chi connectivity index (χ4v) is 2.73. The van der Waals surface area contributed by atoms with E-state index in [1.54, 1.807) is 47.5 Å². The molecule has 0 unspecified atom stereocenters. The monoisotopic (exact) mass is 317 g/mol. The minimum atomic E-state index is -0.0410. The van der Waals surface area contributed by atoms with Crippen molar-refractivity contribution >= 4 is 11.7 Å². The van der Waals surface area contributed by atoms with E-state index in [2.05, 4.69) is 11.1 Å². The highest BCUT2D eigenvalue weighted by molar-refractivity contribution is 5.94. The summed E-state index contributed by atoms with van der Waals surface area (Å²) in [5.41, 5.74) is 1.66. The van der Waals surface area contributed by atoms with Crippen LogP contribution < -0.4 is 4.90 Å². The third-order valence-electron chi connectivity index (χ3n) is 4.03. The van der Waals surface area contributed by atoms with E-state index in [1.165, 1.54) is 0 Å². The number of nitrogens with zero attached hydrogens (tertiary/aromatic N) is 5. The zero-order chi connectivity index (χ0) is 16.9. The summed E-state index contributed by atoms with van der Waals surface area (Å²) in [5, 5.41) is 18.0. The van der Waals surface area contributed by atoms with E-state index in [0.717, 1.165) is 0 Å². The Labute approximate surface area is 140 Å². The van der Waals surface area contributed by atoms with Gasteiger partial charge in [0.05, 0.1) is 17.2 Å². The Kier molecular flexibility index (Phi) is 4.40. The van der Waals surface area contributed by atoms with E-state index >= 15 is 0 Å². The number of amides is 1. The quantitative estimate of drug-likeness (QED) is 0.843. The van der Waals surface area contributed by atoms with Crippen molar-refractivity contribution in [1.29, 1.82) is 10.5 Å². The fourth-order valence-electron chi connectivity index (χ4n) is 2.73. The lowest BCUT2D eigenvalue weighted by Gasteiger charge is -2.35. The van der Waals surface area contributed by atoms with E-state index < -0.39 is 0 Å². The first-order valence-electron chi connectivity index (χ1n) is 7.62. The van der Waals surface area contributed by atoms with Crippen molar-refractivity contribution in [3.05, 3.63) is 59.3 Å². The minimum absolute atomic E-state index is 0.0410. The van der Waals surface area contributed by atoms with Gasteiger partial charge in [0.25, 0.3) is 5.91 Å². The summed E-state index contributed by atoms with van der Waals surface area (Å²) in [4.78, 5) is 20.6. The number of rotatable bonds is 2. The molecule has 1 aliphatic heterocycles. The van der Waals surface area contributed by atoms with E-state index in [1.807, 2.05) is 11.0 Å². The first kappa shape index (κ1) is 15.5. The third-order valence-corrected chi connectivity index (χ3v) is 4.03. The van der Waals surface area contributed by atoms with Crippen LogP contribution in [0.5, 0.6) is 0 Å². The lowest BCUT2D eigenvalue weighted by atomic mass is 10.1. The summed E-state index contributed by atoms with van der Waals surface area (Å²) < 4.78 is 0. The van der Waals surface area contributed by atoms with E-state index in [-0.39, 0.29) is 5.91 Å². The predicted molar refractivity (Wildman–Crippen MR) is 88.2 cm³/mol. The average molecular weight is 317 g/mol. The molecule has 1 fully saturated rings. The Morgan fingerprint density at radius 1 is 1.00 bits per heavy atom. The van der Waals surface area contributed by atoms with Crippen LogP contribution in [0.3, 0.4) is 0 Å². The molecular weight excluding hydrogens is 302 g/mol. The molecular formula is C18H15N5O. The predicted octanol–water partition coefficient (Wildman–Crippen LogP) is 1.79. The van der Waals surface area contributed by atoms with E-state index in [9.17, 15) is 10.1 Å². The zero-order valence-electron chi connectivity index (χ0n) is 13.0. The van der Waals surface area contributed by atoms with Crippen molar-refractivity contribution in [2.75, 3.05) is 31.1 Å². The summed E-state index contributed by atoms with van der Waals surface area (Å²) in [6.07, 6.45) is 1.67. The number of anilines is 1. The molecule has 1 aromatic heterocycles. The van der Waals surface area contributed by atoms with Crippen LogP contribution in [0.2, 0.25) is 0 Å². The SMILES string of the molecule is N#Cc1ccc(C(=O)N2CCN(c3ncccc3C#N)CC2)cc1. The topological polar surface area (TPSA) is 84.0 Å². The molecule has 1 aliphatic rings. The van der Waals surface area contributed by atoms with Gasteiger partial charge in [-0.1, -0.05) is 0 Å². The molecule has 1 saturated heterocycles. The summed E-state index contributed by atoms with van der Waals surface area (Å²) in [6.45, 7) is 2.40. The van der Waals surface area contributed by atoms with Gasteiger partial charge in [-0.3, -0.25) is 4.79 Å². The minimum Gasteiger partial charge on any atom is -0.352 e. The Morgan fingerprint density at radius 3 is 2.33 bits per heavy atom. The van der Waals surface area contributed by atoms with Crippen LogP contribution in [0.25, 0.3) is 0 Å². The van der Waals surface area contributed by atoms with Crippen molar-refractivity contribution < 1.29 is 4.79 Å². The average Bonchev–Trinajstić information content (AvgIpc) is 2.67. The molecule has 1 amide bonds. The maximum absolute atomic E-state index is 12.5. The zero-order valence-corrected chi connectivity index (χ0v) is 13.0. The number of carbonyl (C=O) groups excluding carboxylic acids is 1. The van der Waals surface area contributed by atoms with Gasteiger partial charge in [0.1, 0.15) is 11.9 Å². The summed E-state index contributed by atoms with van der Waals surface area (Å²) >= 11 is 0. The van der Waals surface area contributed by atoms with Crippen molar-refractivity contribution in [3.8, 4) is 12.1 Å². The summed E-state index contributed by atoms with van der Waals surface area (Å²) in [7, 11) is 0. The third kappa shape index (κ3) is 3.04. The van der Waals surface area contributed by atoms with Gasteiger partial charge < -0.3 is 9.80 Å².